The van der Waals surface area contributed by atoms with Gasteiger partial charge in [0.2, 0.25) is 11.8 Å². The topological polar surface area (TPSA) is 104 Å². The molecule has 1 aliphatic heterocycles. The van der Waals surface area contributed by atoms with Gasteiger partial charge in [0.15, 0.2) is 11.6 Å². The van der Waals surface area contributed by atoms with E-state index in [0.29, 0.717) is 33.0 Å². The van der Waals surface area contributed by atoms with Crippen LogP contribution in [0.15, 0.2) is 151 Å². The molecule has 8 heteroatoms. The van der Waals surface area contributed by atoms with Gasteiger partial charge in [-0.05, 0) is 90.6 Å². The fraction of sp³-hybridized carbons (Fsp3) is 0.174. The van der Waals surface area contributed by atoms with Gasteiger partial charge in [-0.3, -0.25) is 24.1 Å². The maximum absolute atomic E-state index is 15.2. The molecule has 0 unspecified atom stereocenters. The van der Waals surface area contributed by atoms with Crippen molar-refractivity contribution in [2.24, 2.45) is 23.7 Å². The van der Waals surface area contributed by atoms with Gasteiger partial charge in [-0.25, -0.2) is 0 Å². The molecule has 6 atom stereocenters. The van der Waals surface area contributed by atoms with Crippen LogP contribution in [0.25, 0.3) is 5.57 Å². The van der Waals surface area contributed by atoms with Crippen LogP contribution in [0.1, 0.15) is 35.4 Å². The summed E-state index contributed by atoms with van der Waals surface area (Å²) in [5.74, 6) is -4.93. The van der Waals surface area contributed by atoms with Crippen LogP contribution in [0.3, 0.4) is 0 Å². The van der Waals surface area contributed by atoms with Crippen molar-refractivity contribution in [2.75, 3.05) is 10.2 Å². The molecule has 3 aliphatic carbocycles. The lowest BCUT2D eigenvalue weighted by molar-refractivity contribution is -0.135. The van der Waals surface area contributed by atoms with E-state index in [1.165, 1.54) is 17.0 Å². The molecule has 0 radical (unpaired) electrons. The lowest BCUT2D eigenvalue weighted by Gasteiger charge is -2.55. The Labute approximate surface area is 317 Å². The standard InChI is InChI=1S/C46H35ClN2O5/c47-29-16-23-39(50)37(24-29)42-33-21-22-34-41(45(54)49(44(34)53)32-19-17-31(18-20-32)48-30-14-8-3-9-15-30)36(33)25-38-43(52)35(27-10-4-1-5-11-27)26-40(51)46(38,42)28-12-6-2-7-13-28/h1-21,23-24,26,34,36,38,41-42,48,50H,22,25H2/t34-,36+,38-,41-,42+,46-/m0/s1. The smallest absolute Gasteiger partial charge is 0.238 e. The van der Waals surface area contributed by atoms with Crippen LogP contribution in [0.2, 0.25) is 5.02 Å². The summed E-state index contributed by atoms with van der Waals surface area (Å²) in [7, 11) is 0. The van der Waals surface area contributed by atoms with Gasteiger partial charge in [-0.1, -0.05) is 102 Å². The molecule has 1 heterocycles. The number of phenols is 1. The summed E-state index contributed by atoms with van der Waals surface area (Å²) in [5.41, 5.74) is 3.47. The minimum Gasteiger partial charge on any atom is -0.508 e. The Morgan fingerprint density at radius 1 is 0.722 bits per heavy atom. The number of ketones is 2. The quantitative estimate of drug-likeness (QED) is 0.134. The van der Waals surface area contributed by atoms with E-state index in [1.54, 1.807) is 24.3 Å². The zero-order valence-corrected chi connectivity index (χ0v) is 29.8. The first-order valence-corrected chi connectivity index (χ1v) is 18.5. The van der Waals surface area contributed by atoms with Crippen LogP contribution in [-0.4, -0.2) is 28.5 Å². The van der Waals surface area contributed by atoms with E-state index in [1.807, 2.05) is 109 Å². The summed E-state index contributed by atoms with van der Waals surface area (Å²) >= 11 is 6.62. The Kier molecular flexibility index (Phi) is 8.20. The number of nitrogens with zero attached hydrogens (tertiary/aromatic N) is 1. The molecule has 2 fully saturated rings. The number of benzene rings is 5. The molecule has 1 saturated carbocycles. The van der Waals surface area contributed by atoms with Crippen LogP contribution >= 0.6 is 11.6 Å². The van der Waals surface area contributed by atoms with Gasteiger partial charge in [-0.2, -0.15) is 0 Å². The van der Waals surface area contributed by atoms with Crippen molar-refractivity contribution in [2.45, 2.75) is 24.2 Å². The summed E-state index contributed by atoms with van der Waals surface area (Å²) in [4.78, 5) is 60.5. The summed E-state index contributed by atoms with van der Waals surface area (Å²) in [6.07, 6.45) is 3.88. The molecular weight excluding hydrogens is 696 g/mol. The number of carbonyl (C=O) groups excluding carboxylic acids is 4. The minimum absolute atomic E-state index is 0.0696. The lowest BCUT2D eigenvalue weighted by atomic mass is 9.44. The van der Waals surface area contributed by atoms with Crippen molar-refractivity contribution in [3.8, 4) is 5.75 Å². The molecular formula is C46H35ClN2O5. The molecule has 5 aromatic carbocycles. The molecule has 5 aromatic rings. The zero-order chi connectivity index (χ0) is 37.1. The van der Waals surface area contributed by atoms with Gasteiger partial charge in [0.25, 0.3) is 0 Å². The third-order valence-corrected chi connectivity index (χ3v) is 12.1. The number of hydrogen-bond donors (Lipinski definition) is 2. The maximum atomic E-state index is 15.2. The van der Waals surface area contributed by atoms with Gasteiger partial charge in [0.1, 0.15) is 5.75 Å². The number of Topliss-reactive ketones (excluding diaryl/α,β-unsaturated/α-hetero) is 1. The molecule has 0 bridgehead atoms. The van der Waals surface area contributed by atoms with Gasteiger partial charge in [0, 0.05) is 39.4 Å². The molecule has 0 aromatic heterocycles. The number of aromatic hydroxyl groups is 1. The summed E-state index contributed by atoms with van der Waals surface area (Å²) < 4.78 is 0. The molecule has 7 nitrogen and oxygen atoms in total. The van der Waals surface area contributed by atoms with Crippen molar-refractivity contribution in [1.29, 1.82) is 0 Å². The number of hydrogen-bond acceptors (Lipinski definition) is 6. The zero-order valence-electron chi connectivity index (χ0n) is 29.1. The summed E-state index contributed by atoms with van der Waals surface area (Å²) in [6, 6.07) is 40.1. The number of nitrogens with one attached hydrogen (secondary N) is 1. The highest BCUT2D eigenvalue weighted by Gasteiger charge is 2.66. The highest BCUT2D eigenvalue weighted by Crippen LogP contribution is 2.64. The monoisotopic (exact) mass is 730 g/mol. The molecule has 4 aliphatic rings. The Morgan fingerprint density at radius 3 is 2.07 bits per heavy atom. The Hall–Kier alpha value is -6.05. The largest absolute Gasteiger partial charge is 0.508 e. The minimum atomic E-state index is -1.46. The van der Waals surface area contributed by atoms with E-state index < -0.39 is 35.0 Å². The third-order valence-electron chi connectivity index (χ3n) is 11.9. The first kappa shape index (κ1) is 33.8. The number of halogens is 1. The molecule has 9 rings (SSSR count). The molecule has 266 valence electrons. The SMILES string of the molecule is O=C1C(c2ccccc2)=CC(=O)[C@@]2(c3ccccc3)[C@@H](c3cc(Cl)ccc3O)C3=CC[C@@H]4C(=O)N(c5ccc(Nc6ccccc6)cc5)C(=O)[C@@H]4[C@@H]3C[C@@H]12. The summed E-state index contributed by atoms with van der Waals surface area (Å²) in [6.45, 7) is 0. The summed E-state index contributed by atoms with van der Waals surface area (Å²) in [5, 5.41) is 15.3. The normalized spacial score (nSPS) is 26.0. The molecule has 1 saturated heterocycles. The first-order valence-electron chi connectivity index (χ1n) is 18.2. The van der Waals surface area contributed by atoms with E-state index in [-0.39, 0.29) is 42.0 Å². The average Bonchev–Trinajstić information content (AvgIpc) is 3.46. The molecule has 2 amide bonds. The Bertz CT molecular complexity index is 2390. The second-order valence-electron chi connectivity index (χ2n) is 14.5. The van der Waals surface area contributed by atoms with Gasteiger partial charge in [0.05, 0.1) is 22.9 Å². The number of rotatable bonds is 6. The van der Waals surface area contributed by atoms with Crippen molar-refractivity contribution >= 4 is 57.6 Å². The molecule has 2 N–H and O–H groups in total. The van der Waals surface area contributed by atoms with Gasteiger partial charge in [-0.15, -0.1) is 0 Å². The van der Waals surface area contributed by atoms with Crippen LogP contribution < -0.4 is 10.2 Å². The maximum Gasteiger partial charge on any atom is 0.238 e. The number of carbonyl (C=O) groups is 4. The fourth-order valence-corrected chi connectivity index (χ4v) is 9.79. The van der Waals surface area contributed by atoms with Gasteiger partial charge < -0.3 is 10.4 Å². The van der Waals surface area contributed by atoms with E-state index in [0.717, 1.165) is 16.9 Å². The number of fused-ring (bicyclic) bond motifs is 4. The van der Waals surface area contributed by atoms with Crippen molar-refractivity contribution < 1.29 is 24.3 Å². The predicted molar refractivity (Wildman–Crippen MR) is 208 cm³/mol. The highest BCUT2D eigenvalue weighted by atomic mass is 35.5. The second-order valence-corrected chi connectivity index (χ2v) is 15.0. The van der Waals surface area contributed by atoms with E-state index in [4.69, 9.17) is 11.6 Å². The lowest BCUT2D eigenvalue weighted by Crippen LogP contribution is -2.58. The van der Waals surface area contributed by atoms with Crippen molar-refractivity contribution in [1.82, 2.24) is 0 Å². The van der Waals surface area contributed by atoms with Crippen molar-refractivity contribution in [3.63, 3.8) is 0 Å². The molecule has 54 heavy (non-hydrogen) atoms. The molecule has 0 spiro atoms. The average molecular weight is 731 g/mol. The van der Waals surface area contributed by atoms with E-state index in [2.05, 4.69) is 5.32 Å². The Balaban J connectivity index is 1.18. The van der Waals surface area contributed by atoms with Crippen LogP contribution in [-0.2, 0) is 24.6 Å². The number of amides is 2. The van der Waals surface area contributed by atoms with E-state index >= 15 is 9.59 Å². The van der Waals surface area contributed by atoms with Gasteiger partial charge >= 0.3 is 0 Å². The first-order chi connectivity index (χ1) is 26.3. The number of para-hydroxylation sites is 1. The van der Waals surface area contributed by atoms with Crippen LogP contribution in [0.4, 0.5) is 17.1 Å². The van der Waals surface area contributed by atoms with E-state index in [9.17, 15) is 14.7 Å². The number of phenolic OH excluding ortho intramolecular Hbond substituents is 1. The number of allylic oxidation sites excluding steroid dienone is 4. The second kappa shape index (κ2) is 13.1. The van der Waals surface area contributed by atoms with Crippen LogP contribution in [0, 0.1) is 23.7 Å². The highest BCUT2D eigenvalue weighted by molar-refractivity contribution is 6.32. The Morgan fingerprint density at radius 2 is 1.37 bits per heavy atom. The predicted octanol–water partition coefficient (Wildman–Crippen LogP) is 8.82. The van der Waals surface area contributed by atoms with Crippen molar-refractivity contribution in [3.05, 3.63) is 173 Å². The van der Waals surface area contributed by atoms with Crippen LogP contribution in [0.5, 0.6) is 5.75 Å². The fourth-order valence-electron chi connectivity index (χ4n) is 9.61. The number of anilines is 3. The number of imide groups is 1. The third kappa shape index (κ3) is 5.17.